The summed E-state index contributed by atoms with van der Waals surface area (Å²) < 4.78 is 0. The van der Waals surface area contributed by atoms with E-state index in [0.29, 0.717) is 34.1 Å². The Hall–Kier alpha value is -4.28. The zero-order chi connectivity index (χ0) is 24.5. The lowest BCUT2D eigenvalue weighted by molar-refractivity contribution is -0.117. The number of hydrazine groups is 1. The maximum absolute atomic E-state index is 12.0. The predicted octanol–water partition coefficient (Wildman–Crippen LogP) is 3.42. The number of amides is 3. The number of nitrogens with zero attached hydrogens (tertiary/aromatic N) is 2. The highest BCUT2D eigenvalue weighted by molar-refractivity contribution is 7.13. The molecule has 2 heterocycles. The second kappa shape index (κ2) is 11.5. The van der Waals surface area contributed by atoms with Gasteiger partial charge in [-0.25, -0.2) is 20.6 Å². The van der Waals surface area contributed by atoms with Gasteiger partial charge in [0, 0.05) is 34.8 Å². The van der Waals surface area contributed by atoms with Crippen molar-refractivity contribution in [2.45, 2.75) is 6.92 Å². The second-order valence-electron chi connectivity index (χ2n) is 6.93. The molecule has 0 bridgehead atoms. The van der Waals surface area contributed by atoms with Gasteiger partial charge in [0.2, 0.25) is 0 Å². The third kappa shape index (κ3) is 5.94. The highest BCUT2D eigenvalue weighted by atomic mass is 32.1. The van der Waals surface area contributed by atoms with Crippen LogP contribution in [0.2, 0.25) is 0 Å². The summed E-state index contributed by atoms with van der Waals surface area (Å²) >= 11 is 1.44. The third-order valence-corrected chi connectivity index (χ3v) is 5.48. The van der Waals surface area contributed by atoms with E-state index in [4.69, 9.17) is 16.6 Å². The van der Waals surface area contributed by atoms with Crippen molar-refractivity contribution in [1.29, 1.82) is 0 Å². The van der Waals surface area contributed by atoms with Crippen molar-refractivity contribution in [3.63, 3.8) is 0 Å². The van der Waals surface area contributed by atoms with Crippen molar-refractivity contribution in [3.8, 4) is 21.8 Å². The van der Waals surface area contributed by atoms with E-state index >= 15 is 0 Å². The molecule has 0 aliphatic carbocycles. The van der Waals surface area contributed by atoms with Gasteiger partial charge in [-0.3, -0.25) is 15.5 Å². The SMILES string of the molecule is C=C/C=C(\C=C(/N)C(=O)NN)c1cnc(NC(=O)NCC)cc1-c1nc(-c2ccccc2)cs1. The Morgan fingerprint density at radius 3 is 2.68 bits per heavy atom. The Morgan fingerprint density at radius 1 is 1.24 bits per heavy atom. The number of hydrogen-bond donors (Lipinski definition) is 5. The molecule has 0 fully saturated rings. The summed E-state index contributed by atoms with van der Waals surface area (Å²) in [5.41, 5.74) is 11.5. The number of carbonyl (C=O) groups is 2. The lowest BCUT2D eigenvalue weighted by Gasteiger charge is -2.12. The molecule has 0 saturated carbocycles. The molecule has 0 atom stereocenters. The van der Waals surface area contributed by atoms with Gasteiger partial charge in [0.15, 0.2) is 0 Å². The summed E-state index contributed by atoms with van der Waals surface area (Å²) in [5.74, 6) is 4.92. The molecule has 0 aliphatic heterocycles. The van der Waals surface area contributed by atoms with Gasteiger partial charge in [0.1, 0.15) is 10.8 Å². The first kappa shape index (κ1) is 24.4. The minimum Gasteiger partial charge on any atom is -0.394 e. The molecule has 0 saturated heterocycles. The molecule has 3 amide bonds. The van der Waals surface area contributed by atoms with Crippen LogP contribution in [0.15, 0.2) is 78.5 Å². The molecular formula is C24H25N7O2S. The van der Waals surface area contributed by atoms with Gasteiger partial charge >= 0.3 is 6.03 Å². The number of nitrogens with one attached hydrogen (secondary N) is 3. The molecule has 3 rings (SSSR count). The average Bonchev–Trinajstić information content (AvgIpc) is 3.34. The minimum atomic E-state index is -0.625. The quantitative estimate of drug-likeness (QED) is 0.111. The minimum absolute atomic E-state index is 0.0878. The molecule has 0 radical (unpaired) electrons. The van der Waals surface area contributed by atoms with Crippen LogP contribution in [0.25, 0.3) is 27.4 Å². The Morgan fingerprint density at radius 2 is 2.00 bits per heavy atom. The lowest BCUT2D eigenvalue weighted by atomic mass is 10.00. The van der Waals surface area contributed by atoms with Crippen LogP contribution in [0.3, 0.4) is 0 Å². The number of anilines is 1. The fraction of sp³-hybridized carbons (Fsp3) is 0.0833. The number of thiazole rings is 1. The van der Waals surface area contributed by atoms with E-state index in [9.17, 15) is 9.59 Å². The van der Waals surface area contributed by atoms with Crippen molar-refractivity contribution in [2.75, 3.05) is 11.9 Å². The number of rotatable bonds is 8. The normalized spacial score (nSPS) is 11.6. The van der Waals surface area contributed by atoms with Crippen LogP contribution >= 0.6 is 11.3 Å². The Kier molecular flexibility index (Phi) is 8.27. The molecule has 0 unspecified atom stereocenters. The molecule has 0 spiro atoms. The summed E-state index contributed by atoms with van der Waals surface area (Å²) in [6, 6.07) is 11.1. The van der Waals surface area contributed by atoms with Crippen LogP contribution in [0.5, 0.6) is 0 Å². The molecule has 3 aromatic rings. The molecule has 7 N–H and O–H groups in total. The topological polar surface area (TPSA) is 148 Å². The molecular weight excluding hydrogens is 450 g/mol. The summed E-state index contributed by atoms with van der Waals surface area (Å²) in [5, 5.41) is 8.03. The Balaban J connectivity index is 2.13. The summed E-state index contributed by atoms with van der Waals surface area (Å²) in [6.45, 7) is 6.05. The van der Waals surface area contributed by atoms with Gasteiger partial charge in [0.05, 0.1) is 11.4 Å². The molecule has 174 valence electrons. The predicted molar refractivity (Wildman–Crippen MR) is 136 cm³/mol. The van der Waals surface area contributed by atoms with Crippen molar-refractivity contribution >= 4 is 34.7 Å². The summed E-state index contributed by atoms with van der Waals surface area (Å²) in [7, 11) is 0. The van der Waals surface area contributed by atoms with Crippen molar-refractivity contribution < 1.29 is 9.59 Å². The fourth-order valence-electron chi connectivity index (χ4n) is 3.05. The monoisotopic (exact) mass is 475 g/mol. The first-order valence-corrected chi connectivity index (χ1v) is 11.2. The van der Waals surface area contributed by atoms with Crippen molar-refractivity contribution in [2.24, 2.45) is 11.6 Å². The smallest absolute Gasteiger partial charge is 0.320 e. The van der Waals surface area contributed by atoms with Gasteiger partial charge in [-0.2, -0.15) is 0 Å². The fourth-order valence-corrected chi connectivity index (χ4v) is 3.91. The maximum Gasteiger partial charge on any atom is 0.320 e. The van der Waals surface area contributed by atoms with E-state index < -0.39 is 5.91 Å². The summed E-state index contributed by atoms with van der Waals surface area (Å²) in [4.78, 5) is 33.1. The number of pyridine rings is 1. The number of carbonyl (C=O) groups excluding carboxylic acids is 2. The van der Waals surface area contributed by atoms with Crippen molar-refractivity contribution in [1.82, 2.24) is 20.7 Å². The van der Waals surface area contributed by atoms with E-state index in [-0.39, 0.29) is 11.7 Å². The van der Waals surface area contributed by atoms with Crippen LogP contribution in [0.1, 0.15) is 12.5 Å². The van der Waals surface area contributed by atoms with Crippen LogP contribution in [0, 0.1) is 0 Å². The highest BCUT2D eigenvalue weighted by Gasteiger charge is 2.16. The van der Waals surface area contributed by atoms with Crippen LogP contribution in [-0.2, 0) is 4.79 Å². The van der Waals surface area contributed by atoms with Crippen LogP contribution in [0.4, 0.5) is 10.6 Å². The van der Waals surface area contributed by atoms with Crippen LogP contribution < -0.4 is 27.6 Å². The maximum atomic E-state index is 12.0. The number of hydrogen-bond acceptors (Lipinski definition) is 7. The standard InChI is InChI=1S/C24H25N7O2S/c1-3-8-16(11-19(25)22(32)31-26)18-13-28-21(30-24(33)27-4-2)12-17(18)23-29-20(14-34-23)15-9-6-5-7-10-15/h3,5-14H,1,4,25-26H2,2H3,(H,31,32)(H2,27,28,30,33)/b16-8+,19-11-. The average molecular weight is 476 g/mol. The summed E-state index contributed by atoms with van der Waals surface area (Å²) in [6.07, 6.45) is 6.33. The molecule has 0 aliphatic rings. The van der Waals surface area contributed by atoms with E-state index in [2.05, 4.69) is 22.2 Å². The van der Waals surface area contributed by atoms with E-state index in [1.54, 1.807) is 24.4 Å². The number of allylic oxidation sites excluding steroid dienone is 4. The highest BCUT2D eigenvalue weighted by Crippen LogP contribution is 2.35. The van der Waals surface area contributed by atoms with Gasteiger partial charge in [-0.05, 0) is 24.6 Å². The molecule has 10 heteroatoms. The van der Waals surface area contributed by atoms with Crippen molar-refractivity contribution in [3.05, 3.63) is 84.0 Å². The van der Waals surface area contributed by atoms with Gasteiger partial charge < -0.3 is 11.1 Å². The Labute approximate surface area is 201 Å². The second-order valence-corrected chi connectivity index (χ2v) is 7.79. The molecule has 34 heavy (non-hydrogen) atoms. The number of urea groups is 1. The zero-order valence-electron chi connectivity index (χ0n) is 18.5. The lowest BCUT2D eigenvalue weighted by Crippen LogP contribution is -2.34. The van der Waals surface area contributed by atoms with Gasteiger partial charge in [0.25, 0.3) is 5.91 Å². The number of aromatic nitrogens is 2. The molecule has 1 aromatic carbocycles. The third-order valence-electron chi connectivity index (χ3n) is 4.60. The van der Waals surface area contributed by atoms with E-state index in [1.165, 1.54) is 17.4 Å². The molecule has 2 aromatic heterocycles. The first-order valence-electron chi connectivity index (χ1n) is 10.3. The van der Waals surface area contributed by atoms with E-state index in [1.807, 2.05) is 48.1 Å². The molecule has 9 nitrogen and oxygen atoms in total. The van der Waals surface area contributed by atoms with Crippen LogP contribution in [-0.4, -0.2) is 28.5 Å². The van der Waals surface area contributed by atoms with Gasteiger partial charge in [-0.15, -0.1) is 11.3 Å². The number of nitrogens with two attached hydrogens (primary N) is 2. The van der Waals surface area contributed by atoms with Gasteiger partial charge in [-0.1, -0.05) is 49.1 Å². The zero-order valence-corrected chi connectivity index (χ0v) is 19.4. The first-order chi connectivity index (χ1) is 16.5. The number of benzene rings is 1. The largest absolute Gasteiger partial charge is 0.394 e. The van der Waals surface area contributed by atoms with E-state index in [0.717, 1.165) is 11.3 Å². The Bertz CT molecular complexity index is 1250.